The molecule has 0 aliphatic carbocycles. The fourth-order valence-corrected chi connectivity index (χ4v) is 4.77. The van der Waals surface area contributed by atoms with Crippen LogP contribution in [0.25, 0.3) is 11.1 Å². The number of amides is 1. The molecule has 0 radical (unpaired) electrons. The third kappa shape index (κ3) is 7.86. The average molecular weight is 605 g/mol. The van der Waals surface area contributed by atoms with Crippen molar-refractivity contribution in [3.63, 3.8) is 0 Å². The number of ketones is 1. The topological polar surface area (TPSA) is 100 Å². The van der Waals surface area contributed by atoms with Gasteiger partial charge in [0, 0.05) is 48.5 Å². The molecule has 4 aromatic rings. The second-order valence-corrected chi connectivity index (χ2v) is 9.75. The maximum Gasteiger partial charge on any atom is 0.435 e. The zero-order valence-corrected chi connectivity index (χ0v) is 22.8. The first kappa shape index (κ1) is 31.4. The van der Waals surface area contributed by atoms with Crippen LogP contribution in [-0.4, -0.2) is 33.1 Å². The van der Waals surface area contributed by atoms with Crippen LogP contribution in [0, 0.1) is 17.5 Å². The first-order chi connectivity index (χ1) is 20.3. The van der Waals surface area contributed by atoms with E-state index in [2.05, 4.69) is 10.1 Å². The summed E-state index contributed by atoms with van der Waals surface area (Å²) in [6.07, 6.45) is -2.66. The second kappa shape index (κ2) is 13.2. The summed E-state index contributed by atoms with van der Waals surface area (Å²) in [6.45, 7) is 0.910. The van der Waals surface area contributed by atoms with Crippen LogP contribution < -0.4 is 5.73 Å². The van der Waals surface area contributed by atoms with Gasteiger partial charge in [0.05, 0.1) is 24.4 Å². The minimum absolute atomic E-state index is 0.0865. The Balaban J connectivity index is 1.71. The maximum absolute atomic E-state index is 14.2. The molecule has 0 unspecified atom stereocenters. The van der Waals surface area contributed by atoms with Gasteiger partial charge in [-0.15, -0.1) is 0 Å². The van der Waals surface area contributed by atoms with Gasteiger partial charge in [0.2, 0.25) is 0 Å². The van der Waals surface area contributed by atoms with E-state index in [0.717, 1.165) is 29.1 Å². The monoisotopic (exact) mass is 604 g/mol. The number of nitrogens with two attached hydrogens (primary N) is 1. The van der Waals surface area contributed by atoms with E-state index in [1.807, 2.05) is 0 Å². The number of primary amides is 1. The first-order valence-corrected chi connectivity index (χ1v) is 13.1. The number of nitrogens with zero attached hydrogens (tertiary/aromatic N) is 3. The molecule has 2 aromatic heterocycles. The summed E-state index contributed by atoms with van der Waals surface area (Å²) in [5.41, 5.74) is 4.70. The summed E-state index contributed by atoms with van der Waals surface area (Å²) in [5.74, 6) is -4.92. The van der Waals surface area contributed by atoms with Crippen LogP contribution in [0.15, 0.2) is 60.9 Å². The van der Waals surface area contributed by atoms with E-state index in [1.54, 1.807) is 19.1 Å². The second-order valence-electron chi connectivity index (χ2n) is 9.75. The van der Waals surface area contributed by atoms with Crippen molar-refractivity contribution in [1.82, 2.24) is 14.8 Å². The summed E-state index contributed by atoms with van der Waals surface area (Å²) < 4.78 is 88.9. The first-order valence-electron chi connectivity index (χ1n) is 13.1. The Kier molecular flexibility index (Phi) is 9.64. The van der Waals surface area contributed by atoms with Crippen LogP contribution in [0.3, 0.4) is 0 Å². The number of aromatic nitrogens is 3. The smallest absolute Gasteiger partial charge is 0.377 e. The van der Waals surface area contributed by atoms with E-state index in [-0.39, 0.29) is 48.4 Å². The third-order valence-electron chi connectivity index (χ3n) is 6.55. The van der Waals surface area contributed by atoms with Crippen molar-refractivity contribution in [3.8, 4) is 11.1 Å². The van der Waals surface area contributed by atoms with Crippen molar-refractivity contribution >= 4 is 11.7 Å². The summed E-state index contributed by atoms with van der Waals surface area (Å²) in [5, 5.41) is 3.56. The quantitative estimate of drug-likeness (QED) is 0.200. The van der Waals surface area contributed by atoms with E-state index in [1.165, 1.54) is 18.3 Å². The van der Waals surface area contributed by atoms with Crippen molar-refractivity contribution in [1.29, 1.82) is 0 Å². The zero-order chi connectivity index (χ0) is 31.3. The fourth-order valence-electron chi connectivity index (χ4n) is 4.77. The molecule has 0 spiro atoms. The van der Waals surface area contributed by atoms with E-state index in [9.17, 15) is 35.9 Å². The van der Waals surface area contributed by atoms with Gasteiger partial charge in [0.15, 0.2) is 11.5 Å². The molecule has 0 fully saturated rings. The number of hydrogen-bond donors (Lipinski definition) is 1. The number of benzene rings is 2. The van der Waals surface area contributed by atoms with Gasteiger partial charge in [-0.1, -0.05) is 12.1 Å². The predicted molar refractivity (Wildman–Crippen MR) is 143 cm³/mol. The number of rotatable bonds is 12. The van der Waals surface area contributed by atoms with Gasteiger partial charge in [-0.25, -0.2) is 13.2 Å². The van der Waals surface area contributed by atoms with E-state index in [4.69, 9.17) is 10.5 Å². The van der Waals surface area contributed by atoms with E-state index < -0.39 is 53.5 Å². The molecule has 7 nitrogen and oxygen atoms in total. The van der Waals surface area contributed by atoms with Crippen molar-refractivity contribution in [2.45, 2.75) is 45.0 Å². The number of halogens is 6. The largest absolute Gasteiger partial charge is 0.435 e. The molecule has 2 N–H and O–H groups in total. The molecule has 0 saturated heterocycles. The van der Waals surface area contributed by atoms with Crippen LogP contribution >= 0.6 is 0 Å². The predicted octanol–water partition coefficient (Wildman–Crippen LogP) is 6.00. The van der Waals surface area contributed by atoms with Gasteiger partial charge < -0.3 is 10.5 Å². The van der Waals surface area contributed by atoms with Crippen LogP contribution in [0.4, 0.5) is 26.3 Å². The normalized spacial score (nSPS) is 12.3. The number of carbonyl (C=O) groups excluding carboxylic acids is 2. The molecule has 13 heteroatoms. The van der Waals surface area contributed by atoms with E-state index in [0.29, 0.717) is 17.2 Å². The third-order valence-corrected chi connectivity index (χ3v) is 6.55. The molecule has 2 heterocycles. The minimum atomic E-state index is -4.77. The molecule has 4 rings (SSSR count). The highest BCUT2D eigenvalue weighted by Gasteiger charge is 2.37. The molecule has 226 valence electrons. The fraction of sp³-hybridized carbons (Fsp3) is 0.267. The van der Waals surface area contributed by atoms with Crippen molar-refractivity contribution in [3.05, 3.63) is 106 Å². The van der Waals surface area contributed by atoms with E-state index >= 15 is 0 Å². The molecule has 2 aromatic carbocycles. The van der Waals surface area contributed by atoms with Gasteiger partial charge in [0.25, 0.3) is 5.91 Å². The summed E-state index contributed by atoms with van der Waals surface area (Å²) in [6, 6.07) is 9.69. The van der Waals surface area contributed by atoms with Gasteiger partial charge in [-0.2, -0.15) is 18.3 Å². The number of ether oxygens (including phenoxy) is 1. The van der Waals surface area contributed by atoms with Gasteiger partial charge >= 0.3 is 6.18 Å². The van der Waals surface area contributed by atoms with Gasteiger partial charge in [-0.05, 0) is 54.8 Å². The summed E-state index contributed by atoms with van der Waals surface area (Å²) in [7, 11) is 0. The highest BCUT2D eigenvalue weighted by atomic mass is 19.4. The SMILES string of the molecule is CCOCc1cn(CC(=O)C[C@@H](Cc2cc(F)cc(F)c2)c2ncccc2-c2ccc(F)c(C(N)=O)c2)nc1C(F)(F)F. The van der Waals surface area contributed by atoms with Crippen molar-refractivity contribution in [2.75, 3.05) is 6.61 Å². The summed E-state index contributed by atoms with van der Waals surface area (Å²) in [4.78, 5) is 29.4. The van der Waals surface area contributed by atoms with Crippen LogP contribution in [0.1, 0.15) is 52.1 Å². The van der Waals surface area contributed by atoms with Crippen molar-refractivity contribution < 1.29 is 40.7 Å². The number of Topliss-reactive ketones (excluding diaryl/α,β-unsaturated/α-hetero) is 1. The standard InChI is InChI=1S/C30H26F6N4O3/c1-2-43-16-20-14-40(39-28(20)30(34,35)36)15-23(41)11-19(8-17-9-21(31)13-22(32)10-17)27-24(4-3-7-38-27)18-5-6-26(33)25(12-18)29(37)42/h3-7,9-10,12-14,19H,2,8,11,15-16H2,1H3,(H2,37,42)/t19-/m1/s1. The van der Waals surface area contributed by atoms with Crippen LogP contribution in [0.5, 0.6) is 0 Å². The Hall–Kier alpha value is -4.52. The average Bonchev–Trinajstić information content (AvgIpc) is 3.34. The lowest BCUT2D eigenvalue weighted by Gasteiger charge is -2.20. The Labute approximate surface area is 242 Å². The Morgan fingerprint density at radius 2 is 1.77 bits per heavy atom. The lowest BCUT2D eigenvalue weighted by atomic mass is 9.86. The molecule has 1 atom stereocenters. The van der Waals surface area contributed by atoms with Crippen LogP contribution in [-0.2, 0) is 35.3 Å². The number of hydrogen-bond acceptors (Lipinski definition) is 5. The van der Waals surface area contributed by atoms with Gasteiger partial charge in [0.1, 0.15) is 17.5 Å². The number of alkyl halides is 3. The molecule has 43 heavy (non-hydrogen) atoms. The van der Waals surface area contributed by atoms with Gasteiger partial charge in [-0.3, -0.25) is 19.3 Å². The highest BCUT2D eigenvalue weighted by molar-refractivity contribution is 5.94. The highest BCUT2D eigenvalue weighted by Crippen LogP contribution is 2.34. The molecular formula is C30H26F6N4O3. The molecule has 1 amide bonds. The molecule has 0 aliphatic rings. The number of carbonyl (C=O) groups is 2. The number of pyridine rings is 1. The molecule has 0 aliphatic heterocycles. The minimum Gasteiger partial charge on any atom is -0.377 e. The Morgan fingerprint density at radius 1 is 1.05 bits per heavy atom. The van der Waals surface area contributed by atoms with Crippen molar-refractivity contribution in [2.24, 2.45) is 5.73 Å². The Bertz CT molecular complexity index is 1620. The lowest BCUT2D eigenvalue weighted by molar-refractivity contribution is -0.143. The zero-order valence-electron chi connectivity index (χ0n) is 22.8. The lowest BCUT2D eigenvalue weighted by Crippen LogP contribution is -2.18. The molecule has 0 saturated carbocycles. The molecular weight excluding hydrogens is 578 g/mol. The maximum atomic E-state index is 14.2. The molecule has 0 bridgehead atoms. The summed E-state index contributed by atoms with van der Waals surface area (Å²) >= 11 is 0. The Morgan fingerprint density at radius 3 is 2.42 bits per heavy atom. The van der Waals surface area contributed by atoms with Crippen LogP contribution in [0.2, 0.25) is 0 Å².